The summed E-state index contributed by atoms with van der Waals surface area (Å²) in [5.41, 5.74) is 2.98. The summed E-state index contributed by atoms with van der Waals surface area (Å²) in [6.45, 7) is 10.3. The maximum atomic E-state index is 11.0. The van der Waals surface area contributed by atoms with Gasteiger partial charge in [-0.3, -0.25) is 0 Å². The fourth-order valence-corrected chi connectivity index (χ4v) is 2.17. The first-order chi connectivity index (χ1) is 7.37. The zero-order chi connectivity index (χ0) is 12.6. The van der Waals surface area contributed by atoms with E-state index >= 15 is 0 Å². The van der Waals surface area contributed by atoms with E-state index in [9.17, 15) is 4.79 Å². The molecule has 5 heteroatoms. The molecule has 0 aliphatic rings. The van der Waals surface area contributed by atoms with Crippen LogP contribution in [0.15, 0.2) is 0 Å². The van der Waals surface area contributed by atoms with Crippen LogP contribution in [0, 0.1) is 0 Å². The third-order valence-corrected chi connectivity index (χ3v) is 4.12. The van der Waals surface area contributed by atoms with Gasteiger partial charge in [-0.05, 0) is 12.5 Å². The summed E-state index contributed by atoms with van der Waals surface area (Å²) in [5, 5.41) is 10.3. The molecular formula is C11H26N2O2Si. The van der Waals surface area contributed by atoms with Crippen LogP contribution in [0.5, 0.6) is 0 Å². The van der Waals surface area contributed by atoms with Crippen molar-refractivity contribution in [1.29, 1.82) is 0 Å². The molecule has 0 aromatic carbocycles. The average molecular weight is 246 g/mol. The number of rotatable bonds is 8. The molecule has 0 aliphatic carbocycles. The second-order valence-corrected chi connectivity index (χ2v) is 11.0. The molecule has 0 radical (unpaired) electrons. The number of hydrogen-bond donors (Lipinski definition) is 2. The standard InChI is InChI=1S/C11H26N2O2Si/c1-5-6-7-8-12-13(11(14)15)9-10-16(2,3)4/h12H,5-10H2,1-4H3,(H,14,15). The first-order valence-corrected chi connectivity index (χ1v) is 9.81. The quantitative estimate of drug-likeness (QED) is 0.393. The molecule has 0 saturated heterocycles. The Balaban J connectivity index is 3.85. The van der Waals surface area contributed by atoms with Crippen molar-refractivity contribution < 1.29 is 9.90 Å². The Labute approximate surface area is 100 Å². The smallest absolute Gasteiger partial charge is 0.421 e. The van der Waals surface area contributed by atoms with E-state index in [0.29, 0.717) is 6.54 Å². The molecule has 0 spiro atoms. The summed E-state index contributed by atoms with van der Waals surface area (Å²) >= 11 is 0. The Morgan fingerprint density at radius 3 is 2.38 bits per heavy atom. The molecule has 0 rings (SSSR count). The largest absolute Gasteiger partial charge is 0.464 e. The van der Waals surface area contributed by atoms with Crippen molar-refractivity contribution in [2.24, 2.45) is 0 Å². The zero-order valence-corrected chi connectivity index (χ0v) is 12.0. The third kappa shape index (κ3) is 8.73. The van der Waals surface area contributed by atoms with Crippen molar-refractivity contribution in [3.8, 4) is 0 Å². The van der Waals surface area contributed by atoms with Gasteiger partial charge in [-0.15, -0.1) is 0 Å². The molecule has 0 fully saturated rings. The molecule has 0 bridgehead atoms. The molecule has 16 heavy (non-hydrogen) atoms. The number of hydrazine groups is 1. The predicted octanol–water partition coefficient (Wildman–Crippen LogP) is 3.00. The molecule has 1 amide bonds. The van der Waals surface area contributed by atoms with Crippen LogP contribution >= 0.6 is 0 Å². The van der Waals surface area contributed by atoms with E-state index in [1.54, 1.807) is 0 Å². The molecule has 0 aromatic rings. The first kappa shape index (κ1) is 15.4. The van der Waals surface area contributed by atoms with Gasteiger partial charge < -0.3 is 5.11 Å². The number of nitrogens with zero attached hydrogens (tertiary/aromatic N) is 1. The van der Waals surface area contributed by atoms with Gasteiger partial charge >= 0.3 is 6.09 Å². The summed E-state index contributed by atoms with van der Waals surface area (Å²) in [6.07, 6.45) is 2.47. The Bertz CT molecular complexity index is 205. The first-order valence-electron chi connectivity index (χ1n) is 6.11. The minimum atomic E-state index is -1.17. The number of carboxylic acid groups (broad SMARTS) is 1. The number of carbonyl (C=O) groups is 1. The van der Waals surface area contributed by atoms with Gasteiger partial charge in [-0.2, -0.15) is 0 Å². The van der Waals surface area contributed by atoms with E-state index in [0.717, 1.165) is 31.9 Å². The summed E-state index contributed by atoms with van der Waals surface area (Å²) in [6, 6.07) is 1.00. The highest BCUT2D eigenvalue weighted by Gasteiger charge is 2.17. The van der Waals surface area contributed by atoms with Crippen LogP contribution in [0.25, 0.3) is 0 Å². The second-order valence-electron chi connectivity index (χ2n) is 5.36. The molecule has 2 N–H and O–H groups in total. The van der Waals surface area contributed by atoms with Gasteiger partial charge in [0.1, 0.15) is 0 Å². The lowest BCUT2D eigenvalue weighted by molar-refractivity contribution is 0.123. The molecule has 0 aliphatic heterocycles. The van der Waals surface area contributed by atoms with Gasteiger partial charge in [0.2, 0.25) is 0 Å². The molecule has 0 atom stereocenters. The van der Waals surface area contributed by atoms with Gasteiger partial charge in [0.05, 0.1) is 0 Å². The van der Waals surface area contributed by atoms with Crippen molar-refractivity contribution >= 4 is 14.2 Å². The zero-order valence-electron chi connectivity index (χ0n) is 11.0. The van der Waals surface area contributed by atoms with E-state index in [-0.39, 0.29) is 0 Å². The van der Waals surface area contributed by atoms with Crippen molar-refractivity contribution in [3.63, 3.8) is 0 Å². The summed E-state index contributed by atoms with van der Waals surface area (Å²) < 4.78 is 0. The maximum Gasteiger partial charge on any atom is 0.421 e. The monoisotopic (exact) mass is 246 g/mol. The lowest BCUT2D eigenvalue weighted by Crippen LogP contribution is -2.44. The summed E-state index contributed by atoms with van der Waals surface area (Å²) in [4.78, 5) is 11.0. The number of nitrogens with one attached hydrogen (secondary N) is 1. The van der Waals surface area contributed by atoms with Crippen molar-refractivity contribution in [3.05, 3.63) is 0 Å². The van der Waals surface area contributed by atoms with Crippen LogP contribution in [-0.2, 0) is 0 Å². The predicted molar refractivity (Wildman–Crippen MR) is 70.4 cm³/mol. The topological polar surface area (TPSA) is 52.6 Å². The lowest BCUT2D eigenvalue weighted by atomic mass is 10.2. The van der Waals surface area contributed by atoms with E-state index in [1.165, 1.54) is 5.01 Å². The Morgan fingerprint density at radius 1 is 1.31 bits per heavy atom. The van der Waals surface area contributed by atoms with Crippen molar-refractivity contribution in [1.82, 2.24) is 10.4 Å². The van der Waals surface area contributed by atoms with E-state index in [4.69, 9.17) is 5.11 Å². The number of unbranched alkanes of at least 4 members (excludes halogenated alkanes) is 2. The molecule has 0 saturated carbocycles. The molecular weight excluding hydrogens is 220 g/mol. The van der Waals surface area contributed by atoms with Crippen LogP contribution in [0.1, 0.15) is 26.2 Å². The highest BCUT2D eigenvalue weighted by atomic mass is 28.3. The van der Waals surface area contributed by atoms with Crippen LogP contribution in [-0.4, -0.2) is 37.4 Å². The van der Waals surface area contributed by atoms with Gasteiger partial charge in [0, 0.05) is 21.2 Å². The van der Waals surface area contributed by atoms with E-state index in [2.05, 4.69) is 32.0 Å². The van der Waals surface area contributed by atoms with Crippen LogP contribution in [0.2, 0.25) is 25.7 Å². The molecule has 0 heterocycles. The second kappa shape index (κ2) is 7.68. The third-order valence-electron chi connectivity index (χ3n) is 2.40. The van der Waals surface area contributed by atoms with Gasteiger partial charge in [0.25, 0.3) is 0 Å². The maximum absolute atomic E-state index is 11.0. The minimum Gasteiger partial charge on any atom is -0.464 e. The fraction of sp³-hybridized carbons (Fsp3) is 0.909. The van der Waals surface area contributed by atoms with Crippen molar-refractivity contribution in [2.45, 2.75) is 51.9 Å². The summed E-state index contributed by atoms with van der Waals surface area (Å²) in [5.74, 6) is 0. The van der Waals surface area contributed by atoms with E-state index < -0.39 is 14.2 Å². The summed E-state index contributed by atoms with van der Waals surface area (Å²) in [7, 11) is -1.17. The van der Waals surface area contributed by atoms with Crippen LogP contribution < -0.4 is 5.43 Å². The SMILES string of the molecule is CCCCCNN(CC[Si](C)(C)C)C(=O)O. The van der Waals surface area contributed by atoms with Gasteiger partial charge in [-0.25, -0.2) is 15.2 Å². The average Bonchev–Trinajstić information content (AvgIpc) is 2.14. The Kier molecular flexibility index (Phi) is 7.41. The number of hydrogen-bond acceptors (Lipinski definition) is 2. The molecule has 4 nitrogen and oxygen atoms in total. The minimum absolute atomic E-state index is 0.608. The normalized spacial score (nSPS) is 11.5. The lowest BCUT2D eigenvalue weighted by Gasteiger charge is -2.24. The van der Waals surface area contributed by atoms with Crippen LogP contribution in [0.4, 0.5) is 4.79 Å². The van der Waals surface area contributed by atoms with Gasteiger partial charge in [-0.1, -0.05) is 39.4 Å². The van der Waals surface area contributed by atoms with Gasteiger partial charge in [0.15, 0.2) is 0 Å². The molecule has 0 unspecified atom stereocenters. The molecule has 0 aromatic heterocycles. The van der Waals surface area contributed by atoms with E-state index in [1.807, 2.05) is 0 Å². The Morgan fingerprint density at radius 2 is 1.94 bits per heavy atom. The van der Waals surface area contributed by atoms with Crippen LogP contribution in [0.3, 0.4) is 0 Å². The van der Waals surface area contributed by atoms with Crippen molar-refractivity contribution in [2.75, 3.05) is 13.1 Å². The highest BCUT2D eigenvalue weighted by molar-refractivity contribution is 6.76. The molecule has 96 valence electrons. The highest BCUT2D eigenvalue weighted by Crippen LogP contribution is 2.08. The Hall–Kier alpha value is -0.553. The number of amides is 1. The fourth-order valence-electron chi connectivity index (χ4n) is 1.28.